The first kappa shape index (κ1) is 39.1. The second kappa shape index (κ2) is 18.1. The Bertz CT molecular complexity index is 1420. The number of nitrogens with one attached hydrogen (secondary N) is 4. The fourth-order valence-corrected chi connectivity index (χ4v) is 3.55. The van der Waals surface area contributed by atoms with Crippen LogP contribution >= 0.6 is 0 Å². The minimum atomic E-state index is -2.50. The van der Waals surface area contributed by atoms with Crippen molar-refractivity contribution in [1.29, 1.82) is 5.41 Å². The van der Waals surface area contributed by atoms with Gasteiger partial charge in [-0.15, -0.1) is 0 Å². The van der Waals surface area contributed by atoms with E-state index in [4.69, 9.17) is 31.5 Å². The molecule has 0 saturated carbocycles. The van der Waals surface area contributed by atoms with Crippen molar-refractivity contribution >= 4 is 29.1 Å². The highest BCUT2D eigenvalue weighted by atomic mass is 19.3. The Hall–Kier alpha value is -4.95. The van der Waals surface area contributed by atoms with Gasteiger partial charge in [0.2, 0.25) is 5.92 Å². The number of nitrogen functional groups attached to an aromatic ring is 1. The van der Waals surface area contributed by atoms with Crippen LogP contribution in [0.15, 0.2) is 66.7 Å². The molecule has 3 rings (SSSR count). The number of hydrogen-bond donors (Lipinski definition) is 8. The Morgan fingerprint density at radius 1 is 0.957 bits per heavy atom. The van der Waals surface area contributed by atoms with Crippen LogP contribution in [0.3, 0.4) is 0 Å². The summed E-state index contributed by atoms with van der Waals surface area (Å²) in [5.41, 5.74) is 18.3. The number of hydrazine groups is 1. The van der Waals surface area contributed by atoms with E-state index in [9.17, 15) is 23.5 Å². The van der Waals surface area contributed by atoms with Crippen LogP contribution in [0.5, 0.6) is 11.5 Å². The van der Waals surface area contributed by atoms with E-state index in [-0.39, 0.29) is 23.7 Å². The number of nitrogens with two attached hydrogens (primary N) is 2. The maximum absolute atomic E-state index is 13.5. The van der Waals surface area contributed by atoms with Gasteiger partial charge < -0.3 is 36.5 Å². The summed E-state index contributed by atoms with van der Waals surface area (Å²) < 4.78 is 33.7. The fourth-order valence-electron chi connectivity index (χ4n) is 3.55. The first-order valence-corrected chi connectivity index (χ1v) is 14.1. The average Bonchev–Trinajstić information content (AvgIpc) is 2.98. The number of halogens is 2. The predicted octanol–water partition coefficient (Wildman–Crippen LogP) is 4.75. The molecule has 0 radical (unpaired) electrons. The highest BCUT2D eigenvalue weighted by molar-refractivity contribution is 5.96. The minimum Gasteiger partial charge on any atom is -0.490 e. The van der Waals surface area contributed by atoms with Crippen LogP contribution < -0.4 is 37.1 Å². The zero-order valence-corrected chi connectivity index (χ0v) is 26.8. The average molecular weight is 647 g/mol. The van der Waals surface area contributed by atoms with Crippen LogP contribution in [-0.4, -0.2) is 59.7 Å². The van der Waals surface area contributed by atoms with Gasteiger partial charge in [0.1, 0.15) is 18.5 Å². The molecule has 0 fully saturated rings. The molecule has 1 amide bonds. The minimum absolute atomic E-state index is 0.00472. The van der Waals surface area contributed by atoms with Crippen molar-refractivity contribution in [3.05, 3.63) is 83.4 Å². The number of carbonyl (C=O) groups is 2. The van der Waals surface area contributed by atoms with Gasteiger partial charge in [-0.05, 0) is 88.7 Å². The standard InChI is InChI=1S/C28H34N6O5.C3H6F2.CH4O/c1-4-38-23-15-18(11-14-22(23)39-16-28(2,3)31)24(32-19-12-9-17(10-13-19)25(29)30)26(35)34-33-21-8-6-5-7-20(21)27(36)37;1-3(2,4)5;1-2/h5-15,24,32-33H,4,16,31H2,1-3H3,(H3,29,30)(H,34,35)(H,36,37);1-2H3;2H,1H3. The van der Waals surface area contributed by atoms with Crippen molar-refractivity contribution in [2.24, 2.45) is 11.5 Å². The van der Waals surface area contributed by atoms with Crippen LogP contribution in [0, 0.1) is 5.41 Å². The number of amides is 1. The van der Waals surface area contributed by atoms with Crippen molar-refractivity contribution in [1.82, 2.24) is 5.43 Å². The number of hydrogen-bond acceptors (Lipinski definition) is 9. The molecule has 12 nitrogen and oxygen atoms in total. The molecular formula is C32H44F2N6O6. The molecule has 1 unspecified atom stereocenters. The summed E-state index contributed by atoms with van der Waals surface area (Å²) in [6.45, 7) is 7.87. The first-order chi connectivity index (χ1) is 21.5. The second-order valence-electron chi connectivity index (χ2n) is 10.8. The van der Waals surface area contributed by atoms with E-state index in [1.807, 2.05) is 20.8 Å². The first-order valence-electron chi connectivity index (χ1n) is 14.1. The topological polar surface area (TPSA) is 205 Å². The van der Waals surface area contributed by atoms with E-state index in [0.717, 1.165) is 21.0 Å². The molecule has 252 valence electrons. The van der Waals surface area contributed by atoms with Gasteiger partial charge in [-0.2, -0.15) is 0 Å². The van der Waals surface area contributed by atoms with Crippen molar-refractivity contribution in [3.63, 3.8) is 0 Å². The molecule has 0 aliphatic carbocycles. The van der Waals surface area contributed by atoms with Crippen LogP contribution in [0.2, 0.25) is 0 Å². The summed E-state index contributed by atoms with van der Waals surface area (Å²) >= 11 is 0. The van der Waals surface area contributed by atoms with E-state index >= 15 is 0 Å². The lowest BCUT2D eigenvalue weighted by molar-refractivity contribution is -0.121. The zero-order valence-electron chi connectivity index (χ0n) is 26.8. The van der Waals surface area contributed by atoms with Gasteiger partial charge in [-0.1, -0.05) is 18.2 Å². The Labute approximate surface area is 267 Å². The number of carboxylic acid groups (broad SMARTS) is 1. The number of aromatic carboxylic acids is 1. The largest absolute Gasteiger partial charge is 0.490 e. The molecule has 0 aromatic heterocycles. The van der Waals surface area contributed by atoms with Gasteiger partial charge in [0, 0.05) is 23.9 Å². The molecule has 46 heavy (non-hydrogen) atoms. The zero-order chi connectivity index (χ0) is 35.1. The van der Waals surface area contributed by atoms with Gasteiger partial charge in [0.15, 0.2) is 11.5 Å². The molecular weight excluding hydrogens is 602 g/mol. The Morgan fingerprint density at radius 3 is 2.07 bits per heavy atom. The van der Waals surface area contributed by atoms with Gasteiger partial charge >= 0.3 is 5.97 Å². The number of ether oxygens (including phenoxy) is 2. The highest BCUT2D eigenvalue weighted by Gasteiger charge is 2.24. The number of aliphatic hydroxyl groups excluding tert-OH is 1. The molecule has 0 aliphatic rings. The van der Waals surface area contributed by atoms with E-state index in [1.54, 1.807) is 60.7 Å². The van der Waals surface area contributed by atoms with Gasteiger partial charge in [-0.25, -0.2) is 13.6 Å². The third-order valence-electron chi connectivity index (χ3n) is 5.45. The van der Waals surface area contributed by atoms with E-state index in [0.29, 0.717) is 34.9 Å². The number of aliphatic hydroxyl groups is 1. The van der Waals surface area contributed by atoms with Crippen LogP contribution in [0.1, 0.15) is 62.1 Å². The number of benzene rings is 3. The highest BCUT2D eigenvalue weighted by Crippen LogP contribution is 2.33. The van der Waals surface area contributed by atoms with E-state index < -0.39 is 29.4 Å². The second-order valence-corrected chi connectivity index (χ2v) is 10.8. The molecule has 0 spiro atoms. The molecule has 3 aromatic carbocycles. The summed E-state index contributed by atoms with van der Waals surface area (Å²) in [5, 5.41) is 27.2. The molecule has 10 N–H and O–H groups in total. The summed E-state index contributed by atoms with van der Waals surface area (Å²) in [4.78, 5) is 25.0. The summed E-state index contributed by atoms with van der Waals surface area (Å²) in [7, 11) is 1.00. The van der Waals surface area contributed by atoms with Gasteiger partial charge in [0.25, 0.3) is 5.91 Å². The fraction of sp³-hybridized carbons (Fsp3) is 0.344. The molecule has 0 bridgehead atoms. The third-order valence-corrected chi connectivity index (χ3v) is 5.45. The van der Waals surface area contributed by atoms with Crippen molar-refractivity contribution in [2.75, 3.05) is 31.1 Å². The van der Waals surface area contributed by atoms with Crippen LogP contribution in [0.4, 0.5) is 20.2 Å². The molecule has 3 aromatic rings. The van der Waals surface area contributed by atoms with E-state index in [1.165, 1.54) is 6.07 Å². The predicted molar refractivity (Wildman–Crippen MR) is 175 cm³/mol. The lowest BCUT2D eigenvalue weighted by Crippen LogP contribution is -2.38. The molecule has 0 aliphatic heterocycles. The Kier molecular flexibility index (Phi) is 15.4. The van der Waals surface area contributed by atoms with Gasteiger partial charge in [0.05, 0.1) is 17.9 Å². The molecule has 1 atom stereocenters. The molecule has 0 saturated heterocycles. The number of para-hydroxylation sites is 1. The number of rotatable bonds is 13. The van der Waals surface area contributed by atoms with Crippen molar-refractivity contribution in [2.45, 2.75) is 52.1 Å². The Morgan fingerprint density at radius 2 is 1.54 bits per heavy atom. The maximum atomic E-state index is 13.5. The number of carboxylic acids is 1. The van der Waals surface area contributed by atoms with Crippen LogP contribution in [-0.2, 0) is 4.79 Å². The monoisotopic (exact) mass is 646 g/mol. The number of anilines is 2. The van der Waals surface area contributed by atoms with Crippen molar-refractivity contribution < 1.29 is 38.1 Å². The van der Waals surface area contributed by atoms with Crippen LogP contribution in [0.25, 0.3) is 0 Å². The number of alkyl halides is 2. The lowest BCUT2D eigenvalue weighted by atomic mass is 10.0. The Balaban J connectivity index is 0.00000137. The summed E-state index contributed by atoms with van der Waals surface area (Å²) in [5.74, 6) is -3.28. The normalized spacial score (nSPS) is 11.3. The van der Waals surface area contributed by atoms with E-state index in [2.05, 4.69) is 16.2 Å². The maximum Gasteiger partial charge on any atom is 0.337 e. The lowest BCUT2D eigenvalue weighted by Gasteiger charge is -2.23. The SMILES string of the molecule is CC(C)(F)F.CCOc1cc(C(Nc2ccc(C(=N)N)cc2)C(=O)NNc2ccccc2C(=O)O)ccc1OCC(C)(C)N.CO. The number of amidine groups is 1. The smallest absolute Gasteiger partial charge is 0.337 e. The quantitative estimate of drug-likeness (QED) is 0.0727. The van der Waals surface area contributed by atoms with Crippen molar-refractivity contribution in [3.8, 4) is 11.5 Å². The molecule has 0 heterocycles. The third kappa shape index (κ3) is 14.2. The summed E-state index contributed by atoms with van der Waals surface area (Å²) in [6.07, 6.45) is 0. The number of carbonyl (C=O) groups excluding carboxylic acids is 1. The van der Waals surface area contributed by atoms with Gasteiger partial charge in [-0.3, -0.25) is 21.1 Å². The summed E-state index contributed by atoms with van der Waals surface area (Å²) in [6, 6.07) is 17.2. The molecule has 14 heteroatoms.